The molecule has 1 unspecified atom stereocenters. The van der Waals surface area contributed by atoms with E-state index in [1.54, 1.807) is 5.82 Å². The van der Waals surface area contributed by atoms with Crippen molar-refractivity contribution in [2.24, 2.45) is 0 Å². The Hall–Kier alpha value is -1.20. The highest BCUT2D eigenvalue weighted by molar-refractivity contribution is 7.53. The maximum Gasteiger partial charge on any atom is 0.403 e. The van der Waals surface area contributed by atoms with Gasteiger partial charge in [0.1, 0.15) is 0 Å². The molecule has 1 aromatic rings. The Morgan fingerprint density at radius 1 is 1.21 bits per heavy atom. The van der Waals surface area contributed by atoms with Crippen LogP contribution in [0, 0.1) is 0 Å². The fourth-order valence-corrected chi connectivity index (χ4v) is 2.85. The summed E-state index contributed by atoms with van der Waals surface area (Å²) in [6.07, 6.45) is 2.77. The van der Waals surface area contributed by atoms with Crippen LogP contribution < -0.4 is 0 Å². The summed E-state index contributed by atoms with van der Waals surface area (Å²) in [6.45, 7) is 2.02. The number of rotatable bonds is 2. The molecule has 2 rings (SSSR count). The van der Waals surface area contributed by atoms with E-state index in [4.69, 9.17) is 0 Å². The van der Waals surface area contributed by atoms with E-state index in [1.807, 2.05) is 31.2 Å². The maximum atomic E-state index is 11.6. The normalized spacial score (nSPS) is 17.9. The predicted molar refractivity (Wildman–Crippen MR) is 59.6 cm³/mol. The molecule has 0 N–H and O–H groups in total. The molecule has 0 saturated carbocycles. The quantitative estimate of drug-likeness (QED) is 0.667. The van der Waals surface area contributed by atoms with Crippen LogP contribution in [0.2, 0.25) is 0 Å². The van der Waals surface area contributed by atoms with Crippen LogP contribution in [0.5, 0.6) is 0 Å². The van der Waals surface area contributed by atoms with Gasteiger partial charge >= 0.3 is 7.80 Å². The van der Waals surface area contributed by atoms with Crippen LogP contribution in [-0.2, 0) is 11.0 Å². The summed E-state index contributed by atoms with van der Waals surface area (Å²) in [5.74, 6) is 1.79. The highest BCUT2D eigenvalue weighted by Crippen LogP contribution is 2.43. The number of hydrogen-bond donors (Lipinski definition) is 0. The fraction of sp³-hybridized carbons (Fsp3) is 0.167. The minimum Gasteiger partial charge on any atom is -0.0623 e. The predicted octanol–water partition coefficient (Wildman–Crippen LogP) is 3.86. The monoisotopic (exact) mass is 203 g/mol. The van der Waals surface area contributed by atoms with Gasteiger partial charge in [0.2, 0.25) is 0 Å². The summed E-state index contributed by atoms with van der Waals surface area (Å²) in [4.78, 5) is 0. The highest BCUT2D eigenvalue weighted by Gasteiger charge is 2.27. The molecular formula is C12H12OP+. The van der Waals surface area contributed by atoms with Gasteiger partial charge in [-0.15, -0.1) is 0 Å². The summed E-state index contributed by atoms with van der Waals surface area (Å²) < 4.78 is 11.6. The van der Waals surface area contributed by atoms with Crippen molar-refractivity contribution in [3.8, 4) is 0 Å². The first-order valence-electron chi connectivity index (χ1n) is 4.65. The van der Waals surface area contributed by atoms with Crippen LogP contribution in [0.3, 0.4) is 0 Å². The molecule has 0 fully saturated rings. The van der Waals surface area contributed by atoms with E-state index < -0.39 is 7.80 Å². The van der Waals surface area contributed by atoms with Crippen molar-refractivity contribution < 1.29 is 4.57 Å². The van der Waals surface area contributed by atoms with Crippen LogP contribution in [0.4, 0.5) is 0 Å². The van der Waals surface area contributed by atoms with Crippen molar-refractivity contribution in [3.63, 3.8) is 0 Å². The van der Waals surface area contributed by atoms with Crippen molar-refractivity contribution in [1.29, 1.82) is 0 Å². The number of allylic oxidation sites excluding steroid dienone is 3. The van der Waals surface area contributed by atoms with Crippen LogP contribution >= 0.6 is 7.80 Å². The summed E-state index contributed by atoms with van der Waals surface area (Å²) >= 11 is 0. The smallest absolute Gasteiger partial charge is 0.0623 e. The van der Waals surface area contributed by atoms with Crippen LogP contribution in [0.1, 0.15) is 12.5 Å². The molecular weight excluding hydrogens is 191 g/mol. The molecule has 0 saturated heterocycles. The van der Waals surface area contributed by atoms with E-state index in [0.717, 1.165) is 17.3 Å². The van der Waals surface area contributed by atoms with Gasteiger partial charge in [0, 0.05) is 12.0 Å². The van der Waals surface area contributed by atoms with Gasteiger partial charge in [0.15, 0.2) is 11.1 Å². The standard InChI is InChI=1S/C12H12OP/c1-10-7-8-14(13)12(10)9-11-5-3-2-4-6-11/h2-8H,9H2,1H3/q+1. The Morgan fingerprint density at radius 2 is 1.93 bits per heavy atom. The molecule has 14 heavy (non-hydrogen) atoms. The Labute approximate surface area is 84.9 Å². The Kier molecular flexibility index (Phi) is 2.60. The number of hydrogen-bond acceptors (Lipinski definition) is 1. The van der Waals surface area contributed by atoms with Gasteiger partial charge in [-0.2, -0.15) is 0 Å². The first-order chi connectivity index (χ1) is 6.77. The first kappa shape index (κ1) is 9.36. The first-order valence-corrected chi connectivity index (χ1v) is 5.98. The van der Waals surface area contributed by atoms with Crippen molar-refractivity contribution in [3.05, 3.63) is 58.7 Å². The number of benzene rings is 1. The van der Waals surface area contributed by atoms with Crippen molar-refractivity contribution in [2.45, 2.75) is 13.3 Å². The summed E-state index contributed by atoms with van der Waals surface area (Å²) in [7, 11) is -1.24. The van der Waals surface area contributed by atoms with E-state index in [2.05, 4.69) is 12.1 Å². The summed E-state index contributed by atoms with van der Waals surface area (Å²) in [5, 5.41) is 1.08. The molecule has 2 heteroatoms. The van der Waals surface area contributed by atoms with Gasteiger partial charge in [0.25, 0.3) is 0 Å². The van der Waals surface area contributed by atoms with Gasteiger partial charge in [-0.25, -0.2) is 0 Å². The average Bonchev–Trinajstić information content (AvgIpc) is 2.51. The SMILES string of the molecule is CC1=C(Cc2ccccc2)[P+](=O)C=C1. The molecule has 1 nitrogen and oxygen atoms in total. The van der Waals surface area contributed by atoms with Gasteiger partial charge < -0.3 is 0 Å². The average molecular weight is 203 g/mol. The van der Waals surface area contributed by atoms with Crippen molar-refractivity contribution in [2.75, 3.05) is 0 Å². The van der Waals surface area contributed by atoms with E-state index in [9.17, 15) is 4.57 Å². The Balaban J connectivity index is 2.21. The molecule has 1 atom stereocenters. The molecule has 0 spiro atoms. The third-order valence-electron chi connectivity index (χ3n) is 2.40. The topological polar surface area (TPSA) is 17.1 Å². The lowest BCUT2D eigenvalue weighted by Gasteiger charge is -1.96. The molecule has 1 aliphatic heterocycles. The van der Waals surface area contributed by atoms with Gasteiger partial charge in [-0.1, -0.05) is 34.9 Å². The maximum absolute atomic E-state index is 11.6. The minimum absolute atomic E-state index is 0.814. The van der Waals surface area contributed by atoms with Crippen molar-refractivity contribution >= 4 is 7.80 Å². The third-order valence-corrected chi connectivity index (χ3v) is 3.86. The molecule has 0 radical (unpaired) electrons. The van der Waals surface area contributed by atoms with Gasteiger partial charge in [-0.05, 0) is 18.6 Å². The summed E-state index contributed by atoms with van der Waals surface area (Å²) in [5.41, 5.74) is 2.39. The summed E-state index contributed by atoms with van der Waals surface area (Å²) in [6, 6.07) is 10.2. The lowest BCUT2D eigenvalue weighted by Crippen LogP contribution is -1.86. The zero-order valence-electron chi connectivity index (χ0n) is 8.10. The van der Waals surface area contributed by atoms with Crippen LogP contribution in [0.15, 0.2) is 53.1 Å². The Morgan fingerprint density at radius 3 is 2.50 bits per heavy atom. The zero-order valence-corrected chi connectivity index (χ0v) is 9.00. The van der Waals surface area contributed by atoms with Crippen molar-refractivity contribution in [1.82, 2.24) is 0 Å². The largest absolute Gasteiger partial charge is 0.403 e. The van der Waals surface area contributed by atoms with Gasteiger partial charge in [0.05, 0.1) is 0 Å². The molecule has 0 aliphatic carbocycles. The second-order valence-corrected chi connectivity index (χ2v) is 4.92. The highest BCUT2D eigenvalue weighted by atomic mass is 31.1. The second-order valence-electron chi connectivity index (χ2n) is 3.43. The molecule has 1 aliphatic rings. The van der Waals surface area contributed by atoms with Crippen LogP contribution in [-0.4, -0.2) is 0 Å². The lowest BCUT2D eigenvalue weighted by molar-refractivity contribution is 0.595. The molecule has 0 amide bonds. The second kappa shape index (κ2) is 3.89. The van der Waals surface area contributed by atoms with Gasteiger partial charge in [-0.3, -0.25) is 0 Å². The van der Waals surface area contributed by atoms with E-state index in [-0.39, 0.29) is 0 Å². The third kappa shape index (κ3) is 1.83. The molecule has 0 aromatic heterocycles. The molecule has 70 valence electrons. The van der Waals surface area contributed by atoms with Crippen LogP contribution in [0.25, 0.3) is 0 Å². The molecule has 1 aromatic carbocycles. The zero-order chi connectivity index (χ0) is 9.97. The minimum atomic E-state index is -1.24. The molecule has 0 bridgehead atoms. The van der Waals surface area contributed by atoms with E-state index >= 15 is 0 Å². The van der Waals surface area contributed by atoms with E-state index in [0.29, 0.717) is 0 Å². The molecule has 1 heterocycles. The fourth-order valence-electron chi connectivity index (χ4n) is 1.55. The Bertz CT molecular complexity index is 415. The van der Waals surface area contributed by atoms with E-state index in [1.165, 1.54) is 5.56 Å². The lowest BCUT2D eigenvalue weighted by atomic mass is 10.1.